The van der Waals surface area contributed by atoms with Crippen LogP contribution in [-0.4, -0.2) is 14.5 Å². The Hall–Kier alpha value is -1.23. The monoisotopic (exact) mass is 235 g/mol. The highest BCUT2D eigenvalue weighted by atomic mass is 35.5. The van der Waals surface area contributed by atoms with Crippen LogP contribution >= 0.6 is 11.6 Å². The van der Waals surface area contributed by atoms with E-state index in [0.29, 0.717) is 0 Å². The maximum absolute atomic E-state index is 12.5. The molecule has 0 fully saturated rings. The van der Waals surface area contributed by atoms with Crippen molar-refractivity contribution in [3.63, 3.8) is 0 Å². The van der Waals surface area contributed by atoms with E-state index in [2.05, 4.69) is 4.40 Å². The van der Waals surface area contributed by atoms with Gasteiger partial charge in [0.1, 0.15) is 10.7 Å². The highest BCUT2D eigenvalue weighted by molar-refractivity contribution is 7.90. The average Bonchev–Trinajstić information content (AvgIpc) is 2.02. The fraction of sp³-hybridized carbons (Fsp3) is 0. The lowest BCUT2D eigenvalue weighted by molar-refractivity contribution is 0.563. The van der Waals surface area contributed by atoms with Gasteiger partial charge < -0.3 is 0 Å². The Morgan fingerprint density at radius 1 is 1.43 bits per heavy atom. The van der Waals surface area contributed by atoms with Gasteiger partial charge in [-0.1, -0.05) is 16.0 Å². The molecular formula is C7H3ClFNO3S. The fourth-order valence-electron chi connectivity index (χ4n) is 0.783. The summed E-state index contributed by atoms with van der Waals surface area (Å²) in [6.07, 6.45) is 0.883. The maximum Gasteiger partial charge on any atom is 0.294 e. The standard InChI is InChI=1S/C7H3ClFNO3S/c8-6-3-5(9)1-2-7(6)14(12,13)10-4-11/h1-3H. The smallest absolute Gasteiger partial charge is 0.210 e. The lowest BCUT2D eigenvalue weighted by Gasteiger charge is -1.99. The molecule has 0 amide bonds. The zero-order valence-corrected chi connectivity index (χ0v) is 8.14. The van der Waals surface area contributed by atoms with Crippen LogP contribution in [0.25, 0.3) is 0 Å². The molecule has 1 rings (SSSR count). The van der Waals surface area contributed by atoms with Gasteiger partial charge >= 0.3 is 0 Å². The maximum atomic E-state index is 12.5. The summed E-state index contributed by atoms with van der Waals surface area (Å²) in [5.41, 5.74) is 0. The SMILES string of the molecule is O=C=NS(=O)(=O)c1ccc(F)cc1Cl. The number of isocyanates is 1. The minimum Gasteiger partial charge on any atom is -0.210 e. The molecule has 0 aliphatic carbocycles. The first kappa shape index (κ1) is 10.8. The third kappa shape index (κ3) is 2.17. The van der Waals surface area contributed by atoms with Crippen LogP contribution in [0.4, 0.5) is 4.39 Å². The van der Waals surface area contributed by atoms with Crippen molar-refractivity contribution >= 4 is 27.7 Å². The fourth-order valence-corrected chi connectivity index (χ4v) is 1.98. The molecule has 0 atom stereocenters. The molecule has 74 valence electrons. The molecule has 0 unspecified atom stereocenters. The minimum absolute atomic E-state index is 0.330. The Balaban J connectivity index is 3.41. The minimum atomic E-state index is -4.15. The lowest BCUT2D eigenvalue weighted by Crippen LogP contribution is -1.97. The molecule has 0 aliphatic heterocycles. The van der Waals surface area contributed by atoms with E-state index < -0.39 is 20.7 Å². The van der Waals surface area contributed by atoms with Crippen LogP contribution in [0.1, 0.15) is 0 Å². The quantitative estimate of drug-likeness (QED) is 0.576. The first-order valence-corrected chi connectivity index (χ1v) is 5.08. The Morgan fingerprint density at radius 3 is 2.57 bits per heavy atom. The van der Waals surface area contributed by atoms with Crippen molar-refractivity contribution in [2.24, 2.45) is 4.40 Å². The van der Waals surface area contributed by atoms with E-state index >= 15 is 0 Å². The highest BCUT2D eigenvalue weighted by Gasteiger charge is 2.16. The molecule has 1 aromatic rings. The van der Waals surface area contributed by atoms with Gasteiger partial charge in [-0.3, -0.25) is 0 Å². The van der Waals surface area contributed by atoms with E-state index in [1.54, 1.807) is 0 Å². The molecule has 0 spiro atoms. The third-order valence-electron chi connectivity index (χ3n) is 1.33. The highest BCUT2D eigenvalue weighted by Crippen LogP contribution is 2.23. The van der Waals surface area contributed by atoms with E-state index in [1.165, 1.54) is 0 Å². The molecule has 1 aromatic carbocycles. The van der Waals surface area contributed by atoms with E-state index in [4.69, 9.17) is 11.6 Å². The number of sulfonamides is 1. The van der Waals surface area contributed by atoms with Crippen LogP contribution in [0.2, 0.25) is 5.02 Å². The number of hydrogen-bond donors (Lipinski definition) is 0. The largest absolute Gasteiger partial charge is 0.294 e. The van der Waals surface area contributed by atoms with Crippen LogP contribution in [0.5, 0.6) is 0 Å². The van der Waals surface area contributed by atoms with Crippen molar-refractivity contribution < 1.29 is 17.6 Å². The molecule has 0 saturated carbocycles. The van der Waals surface area contributed by atoms with E-state index in [9.17, 15) is 17.6 Å². The third-order valence-corrected chi connectivity index (χ3v) is 2.98. The first-order valence-electron chi connectivity index (χ1n) is 3.26. The molecule has 0 heterocycles. The van der Waals surface area contributed by atoms with Gasteiger partial charge in [-0.05, 0) is 18.2 Å². The van der Waals surface area contributed by atoms with Crippen LogP contribution in [0.15, 0.2) is 27.5 Å². The Bertz CT molecular complexity index is 508. The van der Waals surface area contributed by atoms with Crippen LogP contribution in [-0.2, 0) is 14.8 Å². The van der Waals surface area contributed by atoms with Crippen molar-refractivity contribution in [1.29, 1.82) is 0 Å². The zero-order chi connectivity index (χ0) is 10.8. The molecule has 0 radical (unpaired) electrons. The van der Waals surface area contributed by atoms with Crippen molar-refractivity contribution in [1.82, 2.24) is 0 Å². The topological polar surface area (TPSA) is 63.6 Å². The number of hydrogen-bond acceptors (Lipinski definition) is 3. The number of benzene rings is 1. The van der Waals surface area contributed by atoms with Crippen molar-refractivity contribution in [2.75, 3.05) is 0 Å². The predicted octanol–water partition coefficient (Wildman–Crippen LogP) is 1.50. The Morgan fingerprint density at radius 2 is 2.07 bits per heavy atom. The summed E-state index contributed by atoms with van der Waals surface area (Å²) >= 11 is 5.44. The lowest BCUT2D eigenvalue weighted by atomic mass is 10.3. The summed E-state index contributed by atoms with van der Waals surface area (Å²) in [5, 5.41) is -0.330. The van der Waals surface area contributed by atoms with Crippen LogP contribution < -0.4 is 0 Å². The summed E-state index contributed by atoms with van der Waals surface area (Å²) < 4.78 is 37.4. The van der Waals surface area contributed by atoms with Gasteiger partial charge in [-0.2, -0.15) is 8.42 Å². The Labute approximate surface area is 84.1 Å². The van der Waals surface area contributed by atoms with Gasteiger partial charge in [0, 0.05) is 0 Å². The molecule has 14 heavy (non-hydrogen) atoms. The second-order valence-corrected chi connectivity index (χ2v) is 4.21. The van der Waals surface area contributed by atoms with E-state index in [-0.39, 0.29) is 5.02 Å². The van der Waals surface area contributed by atoms with Gasteiger partial charge in [-0.25, -0.2) is 9.18 Å². The van der Waals surface area contributed by atoms with Crippen molar-refractivity contribution in [3.8, 4) is 0 Å². The predicted molar refractivity (Wildman–Crippen MR) is 46.7 cm³/mol. The molecule has 0 aliphatic rings. The van der Waals surface area contributed by atoms with Crippen LogP contribution in [0.3, 0.4) is 0 Å². The number of halogens is 2. The van der Waals surface area contributed by atoms with Crippen LogP contribution in [0, 0.1) is 5.82 Å². The normalized spacial score (nSPS) is 10.7. The summed E-state index contributed by atoms with van der Waals surface area (Å²) in [7, 11) is -4.15. The molecule has 4 nitrogen and oxygen atoms in total. The zero-order valence-electron chi connectivity index (χ0n) is 6.57. The molecular weight excluding hydrogens is 233 g/mol. The van der Waals surface area contributed by atoms with Gasteiger partial charge in [0.25, 0.3) is 16.1 Å². The van der Waals surface area contributed by atoms with E-state index in [0.717, 1.165) is 24.3 Å². The summed E-state index contributed by atoms with van der Waals surface area (Å²) in [4.78, 5) is 9.36. The second kappa shape index (κ2) is 3.88. The number of rotatable bonds is 2. The molecule has 0 saturated heterocycles. The van der Waals surface area contributed by atoms with E-state index in [1.807, 2.05) is 0 Å². The average molecular weight is 236 g/mol. The summed E-state index contributed by atoms with van der Waals surface area (Å²) in [5.74, 6) is -0.677. The van der Waals surface area contributed by atoms with Gasteiger partial charge in [0.2, 0.25) is 0 Å². The second-order valence-electron chi connectivity index (χ2n) is 2.23. The first-order chi connectivity index (χ1) is 6.47. The Kier molecular flexibility index (Phi) is 3.00. The molecule has 0 N–H and O–H groups in total. The number of nitrogens with zero attached hydrogens (tertiary/aromatic N) is 1. The molecule has 7 heteroatoms. The summed E-state index contributed by atoms with van der Waals surface area (Å²) in [6.45, 7) is 0. The van der Waals surface area contributed by atoms with Gasteiger partial charge in [-0.15, -0.1) is 0 Å². The van der Waals surface area contributed by atoms with Crippen molar-refractivity contribution in [3.05, 3.63) is 29.0 Å². The van der Waals surface area contributed by atoms with Gasteiger partial charge in [0.05, 0.1) is 5.02 Å². The summed E-state index contributed by atoms with van der Waals surface area (Å²) in [6, 6.07) is 2.64. The molecule has 0 aromatic heterocycles. The van der Waals surface area contributed by atoms with Crippen molar-refractivity contribution in [2.45, 2.75) is 4.90 Å². The number of carbonyl (C=O) groups excluding carboxylic acids is 1. The molecule has 0 bridgehead atoms. The van der Waals surface area contributed by atoms with Gasteiger partial charge in [0.15, 0.2) is 0 Å².